The molecule has 0 bridgehead atoms. The van der Waals surface area contributed by atoms with Crippen LogP contribution in [0.1, 0.15) is 41.5 Å². The summed E-state index contributed by atoms with van der Waals surface area (Å²) in [7, 11) is 0. The lowest BCUT2D eigenvalue weighted by molar-refractivity contribution is -0.148. The van der Waals surface area contributed by atoms with Crippen LogP contribution in [-0.2, 0) is 54.8 Å². The predicted octanol–water partition coefficient (Wildman–Crippen LogP) is 5.98. The first-order valence-electron chi connectivity index (χ1n) is 19.2. The number of hydrogen-bond acceptors (Lipinski definition) is 9. The van der Waals surface area contributed by atoms with Crippen LogP contribution in [0, 0.1) is 5.92 Å². The molecular weight excluding hydrogens is 739 g/mol. The number of allylic oxidation sites excluding steroid dienone is 1. The molecule has 0 aliphatic rings. The second-order valence-electron chi connectivity index (χ2n) is 13.6. The molecule has 12 nitrogen and oxygen atoms in total. The Hall–Kier alpha value is -6.24. The van der Waals surface area contributed by atoms with Gasteiger partial charge in [-0.15, -0.1) is 13.2 Å². The van der Waals surface area contributed by atoms with E-state index in [9.17, 15) is 24.3 Å². The van der Waals surface area contributed by atoms with Crippen LogP contribution in [0.15, 0.2) is 141 Å². The Bertz CT molecular complexity index is 1860. The number of esters is 1. The lowest BCUT2D eigenvalue weighted by Crippen LogP contribution is -2.48. The fraction of sp³-hybridized carbons (Fsp3) is 0.304. The maximum absolute atomic E-state index is 13.7. The van der Waals surface area contributed by atoms with Crippen molar-refractivity contribution >= 4 is 23.9 Å². The molecule has 0 fully saturated rings. The SMILES string of the molecule is C=CC[C@@H](CC(=O)N[C@H](CO)Cc1ccc(OCc2ccccc2)cc1)C(=O)N[C@@H](COCc1ccccc1)COC(=O)[C@@H](CC=C)NC(=O)OCc1ccccc1. The fourth-order valence-corrected chi connectivity index (χ4v) is 5.82. The van der Waals surface area contributed by atoms with Gasteiger partial charge in [0.2, 0.25) is 11.8 Å². The quantitative estimate of drug-likeness (QED) is 0.0468. The zero-order valence-corrected chi connectivity index (χ0v) is 32.6. The highest BCUT2D eigenvalue weighted by molar-refractivity contribution is 5.86. The van der Waals surface area contributed by atoms with Crippen molar-refractivity contribution in [2.75, 3.05) is 19.8 Å². The molecule has 0 heterocycles. The molecule has 12 heteroatoms. The molecule has 3 amide bonds. The fourth-order valence-electron chi connectivity index (χ4n) is 5.82. The minimum Gasteiger partial charge on any atom is -0.489 e. The van der Waals surface area contributed by atoms with E-state index in [4.69, 9.17) is 18.9 Å². The van der Waals surface area contributed by atoms with Crippen molar-refractivity contribution in [3.63, 3.8) is 0 Å². The number of carbonyl (C=O) groups excluding carboxylic acids is 4. The number of alkyl carbamates (subject to hydrolysis) is 1. The van der Waals surface area contributed by atoms with Crippen molar-refractivity contribution in [1.82, 2.24) is 16.0 Å². The monoisotopic (exact) mass is 791 g/mol. The van der Waals surface area contributed by atoms with Crippen molar-refractivity contribution in [2.45, 2.75) is 63.6 Å². The molecule has 0 aliphatic carbocycles. The molecule has 0 aliphatic heterocycles. The minimum absolute atomic E-state index is 0.0134. The van der Waals surface area contributed by atoms with Crippen LogP contribution in [0.2, 0.25) is 0 Å². The highest BCUT2D eigenvalue weighted by Crippen LogP contribution is 2.17. The summed E-state index contributed by atoms with van der Waals surface area (Å²) < 4.78 is 22.6. The van der Waals surface area contributed by atoms with E-state index in [-0.39, 0.29) is 52.3 Å². The smallest absolute Gasteiger partial charge is 0.408 e. The maximum Gasteiger partial charge on any atom is 0.408 e. The zero-order valence-electron chi connectivity index (χ0n) is 32.6. The first-order chi connectivity index (χ1) is 28.3. The molecule has 4 N–H and O–H groups in total. The number of aliphatic hydroxyl groups excluding tert-OH is 1. The Morgan fingerprint density at radius 1 is 0.621 bits per heavy atom. The minimum atomic E-state index is -1.09. The van der Waals surface area contributed by atoms with Gasteiger partial charge in [-0.05, 0) is 53.6 Å². The number of benzene rings is 4. The van der Waals surface area contributed by atoms with Gasteiger partial charge >= 0.3 is 12.1 Å². The van der Waals surface area contributed by atoms with Gasteiger partial charge in [0.05, 0.1) is 37.8 Å². The second kappa shape index (κ2) is 25.1. The summed E-state index contributed by atoms with van der Waals surface area (Å²) >= 11 is 0. The van der Waals surface area contributed by atoms with Crippen molar-refractivity contribution in [1.29, 1.82) is 0 Å². The molecule has 4 aromatic carbocycles. The van der Waals surface area contributed by atoms with Crippen LogP contribution in [0.25, 0.3) is 0 Å². The van der Waals surface area contributed by atoms with Gasteiger partial charge in [0.15, 0.2) is 0 Å². The molecule has 4 atom stereocenters. The van der Waals surface area contributed by atoms with E-state index in [0.29, 0.717) is 18.8 Å². The molecule has 0 saturated carbocycles. The Morgan fingerprint density at radius 3 is 1.79 bits per heavy atom. The highest BCUT2D eigenvalue weighted by atomic mass is 16.6. The third kappa shape index (κ3) is 16.5. The van der Waals surface area contributed by atoms with Crippen LogP contribution < -0.4 is 20.7 Å². The third-order valence-corrected chi connectivity index (χ3v) is 8.89. The average molecular weight is 792 g/mol. The molecule has 0 unspecified atom stereocenters. The standard InChI is InChI=1S/C46H53N3O9/c1-3-14-38(27-43(51)47-39(28-50)26-34-22-24-41(25-23-34)56-30-36-18-10-6-11-19-36)44(52)48-40(32-55-29-35-16-8-5-9-17-35)33-57-45(53)42(15-4-2)49-46(54)58-31-37-20-12-7-13-21-37/h3-13,16-25,38-40,42,50H,1-2,14-15,26-33H2,(H,47,51)(H,48,52)(H,49,54)/t38-,39-,40-,42+/m0/s1. The van der Waals surface area contributed by atoms with Gasteiger partial charge in [-0.3, -0.25) is 9.59 Å². The first-order valence-corrected chi connectivity index (χ1v) is 19.2. The molecule has 58 heavy (non-hydrogen) atoms. The molecule has 4 aromatic rings. The number of hydrogen-bond donors (Lipinski definition) is 4. The van der Waals surface area contributed by atoms with Gasteiger partial charge in [0, 0.05) is 6.42 Å². The zero-order chi connectivity index (χ0) is 41.4. The summed E-state index contributed by atoms with van der Waals surface area (Å²) in [6, 6.07) is 33.3. The van der Waals surface area contributed by atoms with E-state index in [1.165, 1.54) is 6.08 Å². The first kappa shape index (κ1) is 44.5. The van der Waals surface area contributed by atoms with Gasteiger partial charge < -0.3 is 40.0 Å². The topological polar surface area (TPSA) is 162 Å². The van der Waals surface area contributed by atoms with E-state index in [2.05, 4.69) is 29.1 Å². The maximum atomic E-state index is 13.7. The summed E-state index contributed by atoms with van der Waals surface area (Å²) in [5, 5.41) is 18.3. The third-order valence-electron chi connectivity index (χ3n) is 8.89. The normalized spacial score (nSPS) is 12.8. The van der Waals surface area contributed by atoms with Crippen molar-refractivity contribution in [2.24, 2.45) is 5.92 Å². The van der Waals surface area contributed by atoms with Crippen molar-refractivity contribution in [3.05, 3.63) is 163 Å². The van der Waals surface area contributed by atoms with Gasteiger partial charge in [0.1, 0.15) is 31.6 Å². The number of rotatable bonds is 25. The van der Waals surface area contributed by atoms with E-state index >= 15 is 0 Å². The van der Waals surface area contributed by atoms with Crippen LogP contribution in [-0.4, -0.2) is 66.9 Å². The lowest BCUT2D eigenvalue weighted by atomic mass is 9.98. The van der Waals surface area contributed by atoms with Gasteiger partial charge in [-0.2, -0.15) is 0 Å². The van der Waals surface area contributed by atoms with Crippen LogP contribution in [0.4, 0.5) is 4.79 Å². The molecule has 0 aromatic heterocycles. The predicted molar refractivity (Wildman–Crippen MR) is 220 cm³/mol. The molecule has 306 valence electrons. The Balaban J connectivity index is 1.32. The number of carbonyl (C=O) groups is 4. The summed E-state index contributed by atoms with van der Waals surface area (Å²) in [5.41, 5.74) is 3.62. The molecule has 0 saturated heterocycles. The summed E-state index contributed by atoms with van der Waals surface area (Å²) in [5.74, 6) is -1.78. The van der Waals surface area contributed by atoms with E-state index < -0.39 is 47.9 Å². The summed E-state index contributed by atoms with van der Waals surface area (Å²) in [4.78, 5) is 52.6. The molecular formula is C46H53N3O9. The second-order valence-corrected chi connectivity index (χ2v) is 13.6. The Morgan fingerprint density at radius 2 is 1.21 bits per heavy atom. The van der Waals surface area contributed by atoms with Gasteiger partial charge in [-0.1, -0.05) is 115 Å². The largest absolute Gasteiger partial charge is 0.489 e. The lowest BCUT2D eigenvalue weighted by Gasteiger charge is -2.24. The average Bonchev–Trinajstić information content (AvgIpc) is 3.25. The van der Waals surface area contributed by atoms with Crippen LogP contribution in [0.3, 0.4) is 0 Å². The summed E-state index contributed by atoms with van der Waals surface area (Å²) in [6.45, 7) is 7.50. The Kier molecular flexibility index (Phi) is 19.2. The van der Waals surface area contributed by atoms with Crippen LogP contribution >= 0.6 is 0 Å². The van der Waals surface area contributed by atoms with E-state index in [1.54, 1.807) is 18.2 Å². The number of ether oxygens (including phenoxy) is 4. The number of amides is 3. The van der Waals surface area contributed by atoms with Crippen LogP contribution in [0.5, 0.6) is 5.75 Å². The van der Waals surface area contributed by atoms with E-state index in [1.807, 2.05) is 103 Å². The summed E-state index contributed by atoms with van der Waals surface area (Å²) in [6.07, 6.45) is 2.64. The Labute approximate surface area is 340 Å². The highest BCUT2D eigenvalue weighted by Gasteiger charge is 2.27. The molecule has 0 spiro atoms. The number of aliphatic hydroxyl groups is 1. The molecule has 4 rings (SSSR count). The van der Waals surface area contributed by atoms with Crippen molar-refractivity contribution < 1.29 is 43.2 Å². The van der Waals surface area contributed by atoms with Gasteiger partial charge in [0.25, 0.3) is 0 Å². The van der Waals surface area contributed by atoms with E-state index in [0.717, 1.165) is 22.3 Å². The van der Waals surface area contributed by atoms with Crippen molar-refractivity contribution in [3.8, 4) is 5.75 Å². The number of nitrogens with one attached hydrogen (secondary N) is 3. The van der Waals surface area contributed by atoms with Gasteiger partial charge in [-0.25, -0.2) is 9.59 Å². The molecule has 0 radical (unpaired) electrons.